The van der Waals surface area contributed by atoms with E-state index in [4.69, 9.17) is 0 Å². The summed E-state index contributed by atoms with van der Waals surface area (Å²) >= 11 is 1.61. The summed E-state index contributed by atoms with van der Waals surface area (Å²) < 4.78 is 0. The van der Waals surface area contributed by atoms with Gasteiger partial charge in [0.05, 0.1) is 17.0 Å². The van der Waals surface area contributed by atoms with Crippen LogP contribution in [0.4, 0.5) is 0 Å². The highest BCUT2D eigenvalue weighted by Crippen LogP contribution is 2.25. The summed E-state index contributed by atoms with van der Waals surface area (Å²) in [7, 11) is 0. The van der Waals surface area contributed by atoms with Crippen LogP contribution >= 0.6 is 11.3 Å². The third-order valence-electron chi connectivity index (χ3n) is 4.02. The van der Waals surface area contributed by atoms with Crippen LogP contribution in [0.1, 0.15) is 66.1 Å². The Morgan fingerprint density at radius 3 is 2.80 bits per heavy atom. The van der Waals surface area contributed by atoms with Crippen molar-refractivity contribution < 1.29 is 9.90 Å². The topological polar surface area (TPSA) is 49.3 Å². The van der Waals surface area contributed by atoms with E-state index in [1.807, 2.05) is 6.07 Å². The maximum absolute atomic E-state index is 12.3. The number of carbonyl (C=O) groups excluding carboxylic acids is 1. The highest BCUT2D eigenvalue weighted by Gasteiger charge is 2.25. The third kappa shape index (κ3) is 3.61. The van der Waals surface area contributed by atoms with E-state index in [2.05, 4.69) is 19.2 Å². The first-order chi connectivity index (χ1) is 9.65. The summed E-state index contributed by atoms with van der Waals surface area (Å²) in [6.07, 6.45) is 6.60. The summed E-state index contributed by atoms with van der Waals surface area (Å²) in [6, 6.07) is 1.96. The molecule has 0 spiro atoms. The number of nitrogens with one attached hydrogen (secondary N) is 1. The van der Waals surface area contributed by atoms with E-state index >= 15 is 0 Å². The first kappa shape index (κ1) is 15.5. The van der Waals surface area contributed by atoms with Gasteiger partial charge in [0.15, 0.2) is 0 Å². The van der Waals surface area contributed by atoms with Crippen molar-refractivity contribution >= 4 is 17.2 Å². The monoisotopic (exact) mass is 295 g/mol. The van der Waals surface area contributed by atoms with Gasteiger partial charge >= 0.3 is 0 Å². The van der Waals surface area contributed by atoms with E-state index in [1.54, 1.807) is 11.3 Å². The van der Waals surface area contributed by atoms with Crippen LogP contribution in [0.5, 0.6) is 0 Å². The van der Waals surface area contributed by atoms with E-state index in [0.29, 0.717) is 0 Å². The van der Waals surface area contributed by atoms with Crippen LogP contribution in [0.15, 0.2) is 6.07 Å². The Hall–Kier alpha value is -0.870. The molecule has 0 radical (unpaired) electrons. The lowest BCUT2D eigenvalue weighted by atomic mass is 9.92. The fourth-order valence-corrected chi connectivity index (χ4v) is 4.09. The van der Waals surface area contributed by atoms with E-state index in [-0.39, 0.29) is 18.1 Å². The van der Waals surface area contributed by atoms with Gasteiger partial charge in [0.2, 0.25) is 0 Å². The molecule has 1 aromatic heterocycles. The molecule has 1 heterocycles. The van der Waals surface area contributed by atoms with Gasteiger partial charge in [0.25, 0.3) is 5.91 Å². The maximum atomic E-state index is 12.3. The van der Waals surface area contributed by atoms with Crippen molar-refractivity contribution in [3.63, 3.8) is 0 Å². The van der Waals surface area contributed by atoms with Crippen molar-refractivity contribution in [3.05, 3.63) is 21.4 Å². The molecule has 0 bridgehead atoms. The predicted octanol–water partition coefficient (Wildman–Crippen LogP) is 3.30. The number of carbonyl (C=O) groups is 1. The zero-order chi connectivity index (χ0) is 14.5. The number of aryl methyl sites for hydroxylation is 2. The van der Waals surface area contributed by atoms with Gasteiger partial charge in [0, 0.05) is 4.88 Å². The minimum atomic E-state index is -0.381. The second-order valence-corrected chi connectivity index (χ2v) is 6.73. The van der Waals surface area contributed by atoms with Crippen molar-refractivity contribution in [2.45, 2.75) is 70.9 Å². The van der Waals surface area contributed by atoms with E-state index in [1.165, 1.54) is 10.4 Å². The van der Waals surface area contributed by atoms with Crippen LogP contribution in [0.2, 0.25) is 0 Å². The molecular formula is C16H25NO2S. The Morgan fingerprint density at radius 1 is 1.40 bits per heavy atom. The molecule has 1 fully saturated rings. The smallest absolute Gasteiger partial charge is 0.261 e. The average Bonchev–Trinajstić information content (AvgIpc) is 2.85. The maximum Gasteiger partial charge on any atom is 0.261 e. The van der Waals surface area contributed by atoms with Gasteiger partial charge in [-0.25, -0.2) is 0 Å². The molecule has 4 heteroatoms. The van der Waals surface area contributed by atoms with E-state index in [9.17, 15) is 9.90 Å². The van der Waals surface area contributed by atoms with Crippen molar-refractivity contribution in [1.29, 1.82) is 0 Å². The lowest BCUT2D eigenvalue weighted by Gasteiger charge is -2.28. The quantitative estimate of drug-likeness (QED) is 0.875. The molecule has 3 nitrogen and oxygen atoms in total. The number of aliphatic hydroxyl groups excluding tert-OH is 1. The minimum absolute atomic E-state index is 0.0157. The van der Waals surface area contributed by atoms with Crippen molar-refractivity contribution in [1.82, 2.24) is 5.32 Å². The summed E-state index contributed by atoms with van der Waals surface area (Å²) in [5.74, 6) is -0.0157. The van der Waals surface area contributed by atoms with Crippen molar-refractivity contribution in [2.24, 2.45) is 0 Å². The normalized spacial score (nSPS) is 22.8. The van der Waals surface area contributed by atoms with Gasteiger partial charge in [0.1, 0.15) is 0 Å². The predicted molar refractivity (Wildman–Crippen MR) is 83.4 cm³/mol. The Bertz CT molecular complexity index is 455. The van der Waals surface area contributed by atoms with Gasteiger partial charge in [-0.2, -0.15) is 0 Å². The molecule has 112 valence electrons. The second-order valence-electron chi connectivity index (χ2n) is 5.59. The lowest BCUT2D eigenvalue weighted by Crippen LogP contribution is -2.44. The van der Waals surface area contributed by atoms with Crippen LogP contribution in [0.25, 0.3) is 0 Å². The van der Waals surface area contributed by atoms with Crippen molar-refractivity contribution in [2.75, 3.05) is 0 Å². The van der Waals surface area contributed by atoms with Crippen LogP contribution in [-0.4, -0.2) is 23.2 Å². The molecule has 0 unspecified atom stereocenters. The zero-order valence-electron chi connectivity index (χ0n) is 12.4. The highest BCUT2D eigenvalue weighted by molar-refractivity contribution is 7.14. The fraction of sp³-hybridized carbons (Fsp3) is 0.688. The van der Waals surface area contributed by atoms with E-state index in [0.717, 1.165) is 49.8 Å². The molecule has 2 atom stereocenters. The van der Waals surface area contributed by atoms with Crippen LogP contribution in [0, 0.1) is 0 Å². The van der Waals surface area contributed by atoms with Gasteiger partial charge in [-0.15, -0.1) is 11.3 Å². The number of hydrogen-bond acceptors (Lipinski definition) is 3. The van der Waals surface area contributed by atoms with Gasteiger partial charge in [-0.05, 0) is 37.3 Å². The lowest BCUT2D eigenvalue weighted by molar-refractivity contribution is 0.0720. The Labute approximate surface area is 125 Å². The van der Waals surface area contributed by atoms with Gasteiger partial charge in [-0.3, -0.25) is 4.79 Å². The molecule has 1 aromatic rings. The third-order valence-corrected chi connectivity index (χ3v) is 5.26. The molecule has 1 aliphatic carbocycles. The molecule has 0 aliphatic heterocycles. The number of thiophene rings is 1. The summed E-state index contributed by atoms with van der Waals surface area (Å²) in [6.45, 7) is 4.30. The highest BCUT2D eigenvalue weighted by atomic mass is 32.1. The molecule has 2 rings (SSSR count). The number of amides is 1. The molecule has 1 aliphatic rings. The van der Waals surface area contributed by atoms with E-state index < -0.39 is 0 Å². The Balaban J connectivity index is 2.04. The SMILES string of the molecule is CCCc1sc(C(=O)N[C@H]2CCCC[C@@H]2O)cc1CC. The molecular weight excluding hydrogens is 270 g/mol. The zero-order valence-corrected chi connectivity index (χ0v) is 13.3. The molecule has 1 saturated carbocycles. The summed E-state index contributed by atoms with van der Waals surface area (Å²) in [5.41, 5.74) is 1.30. The van der Waals surface area contributed by atoms with Crippen LogP contribution in [-0.2, 0) is 12.8 Å². The van der Waals surface area contributed by atoms with Crippen LogP contribution < -0.4 is 5.32 Å². The first-order valence-electron chi connectivity index (χ1n) is 7.76. The summed E-state index contributed by atoms with van der Waals surface area (Å²) in [5, 5.41) is 13.0. The fourth-order valence-electron chi connectivity index (χ4n) is 2.84. The van der Waals surface area contributed by atoms with Crippen molar-refractivity contribution in [3.8, 4) is 0 Å². The average molecular weight is 295 g/mol. The number of aliphatic hydroxyl groups is 1. The number of rotatable bonds is 5. The second kappa shape index (κ2) is 7.23. The molecule has 1 amide bonds. The first-order valence-corrected chi connectivity index (χ1v) is 8.57. The minimum Gasteiger partial charge on any atom is -0.391 e. The molecule has 20 heavy (non-hydrogen) atoms. The Kier molecular flexibility index (Phi) is 5.61. The van der Waals surface area contributed by atoms with Gasteiger partial charge < -0.3 is 10.4 Å². The standard InChI is InChI=1S/C16H25NO2S/c1-3-7-14-11(4-2)10-15(20-14)16(19)17-12-8-5-6-9-13(12)18/h10,12-13,18H,3-9H2,1-2H3,(H,17,19)/t12-,13-/m0/s1. The van der Waals surface area contributed by atoms with Gasteiger partial charge in [-0.1, -0.05) is 33.1 Å². The molecule has 2 N–H and O–H groups in total. The van der Waals surface area contributed by atoms with Crippen LogP contribution in [0.3, 0.4) is 0 Å². The molecule has 0 saturated heterocycles. The Morgan fingerprint density at radius 2 is 2.15 bits per heavy atom. The largest absolute Gasteiger partial charge is 0.391 e. The number of hydrogen-bond donors (Lipinski definition) is 2. The summed E-state index contributed by atoms with van der Waals surface area (Å²) in [4.78, 5) is 14.5. The molecule has 0 aromatic carbocycles.